The van der Waals surface area contributed by atoms with Crippen LogP contribution in [0.1, 0.15) is 17.4 Å². The highest BCUT2D eigenvalue weighted by molar-refractivity contribution is 7.16. The molecule has 2 N–H and O–H groups in total. The fourth-order valence-electron chi connectivity index (χ4n) is 1.58. The number of halogens is 1. The number of thiophene rings is 1. The molecule has 2 atom stereocenters. The first kappa shape index (κ1) is 11.4. The van der Waals surface area contributed by atoms with Crippen LogP contribution in [0.5, 0.6) is 0 Å². The van der Waals surface area contributed by atoms with Gasteiger partial charge in [0.05, 0.1) is 10.9 Å². The molecule has 1 aliphatic rings. The summed E-state index contributed by atoms with van der Waals surface area (Å²) in [6.45, 7) is 2.13. The largest absolute Gasteiger partial charge is 0.386 e. The zero-order chi connectivity index (χ0) is 10.7. The molecule has 5 heteroatoms. The van der Waals surface area contributed by atoms with Gasteiger partial charge in [0.15, 0.2) is 0 Å². The summed E-state index contributed by atoms with van der Waals surface area (Å²) < 4.78 is 5.95. The van der Waals surface area contributed by atoms with E-state index in [4.69, 9.17) is 16.3 Å². The molecule has 0 amide bonds. The van der Waals surface area contributed by atoms with Crippen molar-refractivity contribution in [3.8, 4) is 0 Å². The molecular formula is C10H14ClNO2S. The van der Waals surface area contributed by atoms with E-state index >= 15 is 0 Å². The van der Waals surface area contributed by atoms with Crippen molar-refractivity contribution in [2.45, 2.75) is 18.6 Å². The van der Waals surface area contributed by atoms with E-state index in [1.54, 1.807) is 0 Å². The molecule has 2 heterocycles. The Morgan fingerprint density at radius 3 is 3.13 bits per heavy atom. The third kappa shape index (κ3) is 3.16. The van der Waals surface area contributed by atoms with Gasteiger partial charge in [0, 0.05) is 24.1 Å². The lowest BCUT2D eigenvalue weighted by atomic mass is 10.2. The Balaban J connectivity index is 1.79. The Labute approximate surface area is 98.0 Å². The predicted octanol–water partition coefficient (Wildman–Crippen LogP) is 1.81. The highest BCUT2D eigenvalue weighted by Gasteiger charge is 2.17. The van der Waals surface area contributed by atoms with Crippen LogP contribution in [0.4, 0.5) is 0 Å². The van der Waals surface area contributed by atoms with E-state index in [0.717, 1.165) is 24.5 Å². The molecule has 0 radical (unpaired) electrons. The van der Waals surface area contributed by atoms with Crippen LogP contribution >= 0.6 is 22.9 Å². The van der Waals surface area contributed by atoms with Crippen molar-refractivity contribution in [1.82, 2.24) is 5.32 Å². The zero-order valence-corrected chi connectivity index (χ0v) is 9.85. The number of aliphatic hydroxyl groups excluding tert-OH is 1. The minimum atomic E-state index is -0.469. The average molecular weight is 248 g/mol. The second-order valence-corrected chi connectivity index (χ2v) is 5.37. The van der Waals surface area contributed by atoms with Crippen molar-refractivity contribution in [3.63, 3.8) is 0 Å². The van der Waals surface area contributed by atoms with E-state index in [9.17, 15) is 5.11 Å². The highest BCUT2D eigenvalue weighted by atomic mass is 35.5. The van der Waals surface area contributed by atoms with Gasteiger partial charge < -0.3 is 15.2 Å². The molecule has 1 aliphatic heterocycles. The third-order valence-electron chi connectivity index (χ3n) is 2.45. The fourth-order valence-corrected chi connectivity index (χ4v) is 2.63. The standard InChI is InChI=1S/C10H14ClNO2S/c11-10-2-1-9(15-10)8(13)5-12-7-3-4-14-6-7/h1-2,7-8,12-13H,3-6H2. The Kier molecular flexibility index (Phi) is 3.99. The van der Waals surface area contributed by atoms with Crippen LogP contribution < -0.4 is 5.32 Å². The quantitative estimate of drug-likeness (QED) is 0.853. The second kappa shape index (κ2) is 5.27. The zero-order valence-electron chi connectivity index (χ0n) is 8.28. The van der Waals surface area contributed by atoms with Crippen LogP contribution in [0.15, 0.2) is 12.1 Å². The van der Waals surface area contributed by atoms with Crippen molar-refractivity contribution >= 4 is 22.9 Å². The van der Waals surface area contributed by atoms with Gasteiger partial charge in [0.2, 0.25) is 0 Å². The highest BCUT2D eigenvalue weighted by Crippen LogP contribution is 2.26. The summed E-state index contributed by atoms with van der Waals surface area (Å²) in [5.74, 6) is 0. The van der Waals surface area contributed by atoms with Gasteiger partial charge in [-0.2, -0.15) is 0 Å². The third-order valence-corrected chi connectivity index (χ3v) is 3.78. The smallest absolute Gasteiger partial charge is 0.101 e. The number of nitrogens with one attached hydrogen (secondary N) is 1. The van der Waals surface area contributed by atoms with Crippen LogP contribution in [-0.2, 0) is 4.74 Å². The average Bonchev–Trinajstić information content (AvgIpc) is 2.84. The molecule has 0 bridgehead atoms. The first-order valence-corrected chi connectivity index (χ1v) is 6.19. The van der Waals surface area contributed by atoms with Gasteiger partial charge in [-0.15, -0.1) is 11.3 Å². The van der Waals surface area contributed by atoms with Crippen LogP contribution in [-0.4, -0.2) is 30.9 Å². The molecule has 0 aromatic carbocycles. The summed E-state index contributed by atoms with van der Waals surface area (Å²) in [4.78, 5) is 0.909. The molecule has 1 fully saturated rings. The number of hydrogen-bond donors (Lipinski definition) is 2. The Morgan fingerprint density at radius 1 is 1.67 bits per heavy atom. The molecule has 0 saturated carbocycles. The molecule has 1 saturated heterocycles. The summed E-state index contributed by atoms with van der Waals surface area (Å²) >= 11 is 7.22. The lowest BCUT2D eigenvalue weighted by molar-refractivity contribution is 0.163. The summed E-state index contributed by atoms with van der Waals surface area (Å²) in [6, 6.07) is 4.06. The molecule has 0 aliphatic carbocycles. The van der Waals surface area contributed by atoms with Crippen LogP contribution in [0.25, 0.3) is 0 Å². The van der Waals surface area contributed by atoms with Gasteiger partial charge >= 0.3 is 0 Å². The van der Waals surface area contributed by atoms with E-state index in [0.29, 0.717) is 16.9 Å². The summed E-state index contributed by atoms with van der Waals surface area (Å²) in [6.07, 6.45) is 0.556. The molecular weight excluding hydrogens is 234 g/mol. The van der Waals surface area contributed by atoms with Crippen LogP contribution in [0.2, 0.25) is 4.34 Å². The molecule has 2 rings (SSSR count). The first-order valence-electron chi connectivity index (χ1n) is 5.00. The van der Waals surface area contributed by atoms with Gasteiger partial charge in [0.25, 0.3) is 0 Å². The van der Waals surface area contributed by atoms with Crippen LogP contribution in [0, 0.1) is 0 Å². The molecule has 3 nitrogen and oxygen atoms in total. The summed E-state index contributed by atoms with van der Waals surface area (Å²) in [5.41, 5.74) is 0. The summed E-state index contributed by atoms with van der Waals surface area (Å²) in [7, 11) is 0. The lowest BCUT2D eigenvalue weighted by Crippen LogP contribution is -2.32. The molecule has 0 spiro atoms. The number of hydrogen-bond acceptors (Lipinski definition) is 4. The molecule has 84 valence electrons. The minimum Gasteiger partial charge on any atom is -0.386 e. The number of ether oxygens (including phenoxy) is 1. The Morgan fingerprint density at radius 2 is 2.53 bits per heavy atom. The van der Waals surface area contributed by atoms with Gasteiger partial charge in [-0.3, -0.25) is 0 Å². The second-order valence-electron chi connectivity index (χ2n) is 3.63. The molecule has 15 heavy (non-hydrogen) atoms. The van der Waals surface area contributed by atoms with Crippen molar-refractivity contribution < 1.29 is 9.84 Å². The van der Waals surface area contributed by atoms with Gasteiger partial charge in [-0.05, 0) is 18.6 Å². The normalized spacial score (nSPS) is 23.2. The van der Waals surface area contributed by atoms with E-state index in [1.807, 2.05) is 12.1 Å². The maximum absolute atomic E-state index is 9.84. The monoisotopic (exact) mass is 247 g/mol. The van der Waals surface area contributed by atoms with Crippen molar-refractivity contribution in [2.75, 3.05) is 19.8 Å². The Hall–Kier alpha value is -0.130. The predicted molar refractivity (Wildman–Crippen MR) is 61.5 cm³/mol. The minimum absolute atomic E-state index is 0.384. The van der Waals surface area contributed by atoms with Gasteiger partial charge in [-0.1, -0.05) is 11.6 Å². The van der Waals surface area contributed by atoms with E-state index in [1.165, 1.54) is 11.3 Å². The topological polar surface area (TPSA) is 41.5 Å². The Bertz CT molecular complexity index is 312. The summed E-state index contributed by atoms with van der Waals surface area (Å²) in [5, 5.41) is 13.1. The molecule has 1 aromatic rings. The number of rotatable bonds is 4. The maximum atomic E-state index is 9.84. The number of aliphatic hydroxyl groups is 1. The van der Waals surface area contributed by atoms with E-state index in [-0.39, 0.29) is 0 Å². The van der Waals surface area contributed by atoms with Gasteiger partial charge in [-0.25, -0.2) is 0 Å². The van der Waals surface area contributed by atoms with Crippen molar-refractivity contribution in [1.29, 1.82) is 0 Å². The first-order chi connectivity index (χ1) is 7.25. The van der Waals surface area contributed by atoms with Gasteiger partial charge in [0.1, 0.15) is 6.10 Å². The fraction of sp³-hybridized carbons (Fsp3) is 0.600. The lowest BCUT2D eigenvalue weighted by Gasteiger charge is -2.13. The van der Waals surface area contributed by atoms with Crippen molar-refractivity contribution in [2.24, 2.45) is 0 Å². The van der Waals surface area contributed by atoms with E-state index in [2.05, 4.69) is 5.32 Å². The molecule has 1 aromatic heterocycles. The van der Waals surface area contributed by atoms with E-state index < -0.39 is 6.10 Å². The van der Waals surface area contributed by atoms with Crippen molar-refractivity contribution in [3.05, 3.63) is 21.3 Å². The molecule has 2 unspecified atom stereocenters. The maximum Gasteiger partial charge on any atom is 0.101 e. The SMILES string of the molecule is OC(CNC1CCOC1)c1ccc(Cl)s1. The van der Waals surface area contributed by atoms with Crippen LogP contribution in [0.3, 0.4) is 0 Å².